The SMILES string of the molecule is Cc1sc2c(c1C)C(c1ccncc1)=NC(CC(=O)OC(C)(C)C)c1nnc(C)n1-2. The van der Waals surface area contributed by atoms with Crippen molar-refractivity contribution < 1.29 is 9.53 Å². The quantitative estimate of drug-likeness (QED) is 0.588. The van der Waals surface area contributed by atoms with Crippen molar-refractivity contribution in [2.45, 2.75) is 59.6 Å². The molecule has 0 bridgehead atoms. The summed E-state index contributed by atoms with van der Waals surface area (Å²) in [7, 11) is 0. The number of aryl methyl sites for hydroxylation is 2. The summed E-state index contributed by atoms with van der Waals surface area (Å²) in [6.45, 7) is 11.7. The fraction of sp³-hybridized carbons (Fsp3) is 0.409. The molecule has 7 nitrogen and oxygen atoms in total. The van der Waals surface area contributed by atoms with Crippen LogP contribution in [0.25, 0.3) is 5.00 Å². The molecule has 0 saturated carbocycles. The largest absolute Gasteiger partial charge is 0.460 e. The molecule has 0 amide bonds. The van der Waals surface area contributed by atoms with Crippen LogP contribution in [0, 0.1) is 20.8 Å². The third-order valence-electron chi connectivity index (χ3n) is 4.97. The van der Waals surface area contributed by atoms with Crippen molar-refractivity contribution in [1.82, 2.24) is 19.7 Å². The van der Waals surface area contributed by atoms with Crippen LogP contribution >= 0.6 is 11.3 Å². The zero-order chi connectivity index (χ0) is 21.6. The van der Waals surface area contributed by atoms with Crippen LogP contribution in [-0.2, 0) is 9.53 Å². The Labute approximate surface area is 179 Å². The molecule has 30 heavy (non-hydrogen) atoms. The minimum absolute atomic E-state index is 0.0942. The highest BCUT2D eigenvalue weighted by Gasteiger charge is 2.33. The van der Waals surface area contributed by atoms with Crippen molar-refractivity contribution in [3.63, 3.8) is 0 Å². The minimum atomic E-state index is -0.560. The maximum atomic E-state index is 12.7. The van der Waals surface area contributed by atoms with Gasteiger partial charge in [-0.2, -0.15) is 0 Å². The number of carbonyl (C=O) groups excluding carboxylic acids is 1. The Balaban J connectivity index is 1.91. The zero-order valence-corrected chi connectivity index (χ0v) is 18.9. The molecule has 0 spiro atoms. The molecule has 0 radical (unpaired) electrons. The fourth-order valence-corrected chi connectivity index (χ4v) is 4.79. The highest BCUT2D eigenvalue weighted by atomic mass is 32.1. The lowest BCUT2D eigenvalue weighted by molar-refractivity contribution is -0.155. The van der Waals surface area contributed by atoms with Crippen molar-refractivity contribution in [3.8, 4) is 5.00 Å². The van der Waals surface area contributed by atoms with Crippen molar-refractivity contribution in [1.29, 1.82) is 0 Å². The van der Waals surface area contributed by atoms with Gasteiger partial charge in [0.15, 0.2) is 5.82 Å². The summed E-state index contributed by atoms with van der Waals surface area (Å²) in [5, 5.41) is 9.73. The summed E-state index contributed by atoms with van der Waals surface area (Å²) in [6, 6.07) is 3.39. The van der Waals surface area contributed by atoms with Gasteiger partial charge in [-0.15, -0.1) is 21.5 Å². The molecular formula is C22H25N5O2S. The monoisotopic (exact) mass is 423 g/mol. The zero-order valence-electron chi connectivity index (χ0n) is 18.1. The van der Waals surface area contributed by atoms with Gasteiger partial charge < -0.3 is 4.74 Å². The van der Waals surface area contributed by atoms with Crippen molar-refractivity contribution in [2.75, 3.05) is 0 Å². The van der Waals surface area contributed by atoms with E-state index in [0.29, 0.717) is 5.82 Å². The van der Waals surface area contributed by atoms with Gasteiger partial charge >= 0.3 is 5.97 Å². The van der Waals surface area contributed by atoms with Crippen molar-refractivity contribution in [2.24, 2.45) is 4.99 Å². The smallest absolute Gasteiger partial charge is 0.308 e. The van der Waals surface area contributed by atoms with Crippen LogP contribution in [0.2, 0.25) is 0 Å². The van der Waals surface area contributed by atoms with Gasteiger partial charge in [-0.25, -0.2) is 0 Å². The Bertz CT molecular complexity index is 1140. The molecule has 1 aliphatic rings. The van der Waals surface area contributed by atoms with Gasteiger partial charge in [0.25, 0.3) is 0 Å². The van der Waals surface area contributed by atoms with Crippen LogP contribution in [0.15, 0.2) is 29.5 Å². The summed E-state index contributed by atoms with van der Waals surface area (Å²) in [5.41, 5.74) is 3.46. The van der Waals surface area contributed by atoms with E-state index in [2.05, 4.69) is 29.0 Å². The van der Waals surface area contributed by atoms with E-state index in [0.717, 1.165) is 27.7 Å². The number of rotatable bonds is 3. The van der Waals surface area contributed by atoms with Crippen LogP contribution < -0.4 is 0 Å². The fourth-order valence-electron chi connectivity index (χ4n) is 3.58. The molecule has 156 valence electrons. The lowest BCUT2D eigenvalue weighted by atomic mass is 10.0. The minimum Gasteiger partial charge on any atom is -0.460 e. The number of esters is 1. The Morgan fingerprint density at radius 2 is 1.87 bits per heavy atom. The molecule has 3 aromatic rings. The van der Waals surface area contributed by atoms with Crippen LogP contribution in [0.5, 0.6) is 0 Å². The number of thiophene rings is 1. The van der Waals surface area contributed by atoms with Gasteiger partial charge in [0.05, 0.1) is 12.1 Å². The number of fused-ring (bicyclic) bond motifs is 3. The molecule has 8 heteroatoms. The highest BCUT2D eigenvalue weighted by molar-refractivity contribution is 7.15. The molecule has 0 N–H and O–H groups in total. The molecule has 0 fully saturated rings. The van der Waals surface area contributed by atoms with E-state index in [1.165, 1.54) is 10.4 Å². The van der Waals surface area contributed by atoms with Gasteiger partial charge in [-0.3, -0.25) is 19.3 Å². The third kappa shape index (κ3) is 3.67. The maximum absolute atomic E-state index is 12.7. The number of hydrogen-bond donors (Lipinski definition) is 0. The molecular weight excluding hydrogens is 398 g/mol. The first kappa shape index (κ1) is 20.4. The third-order valence-corrected chi connectivity index (χ3v) is 6.17. The molecule has 3 aromatic heterocycles. The predicted molar refractivity (Wildman–Crippen MR) is 117 cm³/mol. The van der Waals surface area contributed by atoms with E-state index in [1.54, 1.807) is 23.7 Å². The number of nitrogens with zero attached hydrogens (tertiary/aromatic N) is 5. The molecule has 1 atom stereocenters. The summed E-state index contributed by atoms with van der Waals surface area (Å²) in [6.07, 6.45) is 3.60. The number of hydrogen-bond acceptors (Lipinski definition) is 7. The number of aliphatic imine (C=N–C) groups is 1. The molecule has 0 saturated heterocycles. The van der Waals surface area contributed by atoms with Crippen molar-refractivity contribution >= 4 is 23.0 Å². The van der Waals surface area contributed by atoms with E-state index >= 15 is 0 Å². The average molecular weight is 424 g/mol. The molecule has 4 rings (SSSR count). The first-order chi connectivity index (χ1) is 14.2. The van der Waals surface area contributed by atoms with E-state index in [4.69, 9.17) is 9.73 Å². The second kappa shape index (κ2) is 7.43. The van der Waals surface area contributed by atoms with Gasteiger partial charge in [-0.1, -0.05) is 0 Å². The Morgan fingerprint density at radius 3 is 2.53 bits per heavy atom. The molecule has 4 heterocycles. The predicted octanol–water partition coefficient (Wildman–Crippen LogP) is 4.27. The van der Waals surface area contributed by atoms with E-state index in [9.17, 15) is 4.79 Å². The summed E-state index contributed by atoms with van der Waals surface area (Å²) >= 11 is 1.69. The second-order valence-corrected chi connectivity index (χ2v) is 9.63. The molecule has 1 aliphatic heterocycles. The first-order valence-corrected chi connectivity index (χ1v) is 10.7. The summed E-state index contributed by atoms with van der Waals surface area (Å²) in [4.78, 5) is 23.1. The Kier molecular flexibility index (Phi) is 5.05. The maximum Gasteiger partial charge on any atom is 0.308 e. The molecule has 0 aliphatic carbocycles. The number of carbonyl (C=O) groups is 1. The molecule has 0 aromatic carbocycles. The lowest BCUT2D eigenvalue weighted by Crippen LogP contribution is -2.25. The highest BCUT2D eigenvalue weighted by Crippen LogP contribution is 2.39. The Hall–Kier alpha value is -2.87. The summed E-state index contributed by atoms with van der Waals surface area (Å²) < 4.78 is 7.61. The standard InChI is InChI=1S/C22H25N5O2S/c1-12-13(2)30-21-18(12)19(15-7-9-23-10-8-15)24-16(11-17(28)29-22(4,5)6)20-26-25-14(3)27(20)21/h7-10,16H,11H2,1-6H3. The number of pyridine rings is 1. The van der Waals surface area contributed by atoms with E-state index in [1.807, 2.05) is 44.4 Å². The second-order valence-electron chi connectivity index (χ2n) is 8.42. The van der Waals surface area contributed by atoms with E-state index < -0.39 is 11.6 Å². The lowest BCUT2D eigenvalue weighted by Gasteiger charge is -2.21. The van der Waals surface area contributed by atoms with Crippen LogP contribution in [0.1, 0.15) is 66.5 Å². The number of aromatic nitrogens is 4. The first-order valence-electron chi connectivity index (χ1n) is 9.88. The van der Waals surface area contributed by atoms with Gasteiger partial charge in [0.1, 0.15) is 22.5 Å². The average Bonchev–Trinajstić information content (AvgIpc) is 3.13. The van der Waals surface area contributed by atoms with Crippen LogP contribution in [0.3, 0.4) is 0 Å². The van der Waals surface area contributed by atoms with E-state index in [-0.39, 0.29) is 12.4 Å². The van der Waals surface area contributed by atoms with Gasteiger partial charge in [0.2, 0.25) is 0 Å². The molecule has 1 unspecified atom stereocenters. The normalized spacial score (nSPS) is 15.8. The van der Waals surface area contributed by atoms with Gasteiger partial charge in [-0.05, 0) is 59.2 Å². The number of ether oxygens (including phenoxy) is 1. The van der Waals surface area contributed by atoms with Crippen LogP contribution in [-0.4, -0.2) is 37.0 Å². The summed E-state index contributed by atoms with van der Waals surface area (Å²) in [5.74, 6) is 1.12. The van der Waals surface area contributed by atoms with Gasteiger partial charge in [0, 0.05) is 28.4 Å². The Morgan fingerprint density at radius 1 is 1.17 bits per heavy atom. The topological polar surface area (TPSA) is 82.3 Å². The van der Waals surface area contributed by atoms with Crippen molar-refractivity contribution in [3.05, 3.63) is 57.7 Å². The van der Waals surface area contributed by atoms with Crippen LogP contribution in [0.4, 0.5) is 0 Å².